The van der Waals surface area contributed by atoms with Gasteiger partial charge in [0.05, 0.1) is 5.41 Å². The van der Waals surface area contributed by atoms with Crippen LogP contribution in [0.5, 0.6) is 0 Å². The molecule has 0 amide bonds. The van der Waals surface area contributed by atoms with Crippen LogP contribution in [0.2, 0.25) is 0 Å². The van der Waals surface area contributed by atoms with Crippen molar-refractivity contribution in [2.45, 2.75) is 87.0 Å². The summed E-state index contributed by atoms with van der Waals surface area (Å²) in [5.74, 6) is -0.714. The van der Waals surface area contributed by atoms with Gasteiger partial charge in [0.15, 0.2) is 0 Å². The average molecular weight is 347 g/mol. The van der Waals surface area contributed by atoms with Gasteiger partial charge in [-0.25, -0.2) is 0 Å². The summed E-state index contributed by atoms with van der Waals surface area (Å²) in [5.41, 5.74) is 4.48. The molecule has 0 atom stereocenters. The molecule has 0 unspecified atom stereocenters. The van der Waals surface area contributed by atoms with Gasteiger partial charge in [0, 0.05) is 0 Å². The summed E-state index contributed by atoms with van der Waals surface area (Å²) < 4.78 is 0. The predicted molar refractivity (Wildman–Crippen MR) is 110 cm³/mol. The number of hydrogen-bond donors (Lipinski definition) is 1. The second kappa shape index (κ2) is 11.9. The number of carbonyl (C=O) groups is 1. The molecule has 0 radical (unpaired) electrons. The van der Waals surface area contributed by atoms with Crippen molar-refractivity contribution in [2.75, 3.05) is 0 Å². The number of carboxylic acid groups (broad SMARTS) is 1. The maximum Gasteiger partial charge on any atom is 0.309 e. The van der Waals surface area contributed by atoms with Crippen molar-refractivity contribution < 1.29 is 9.90 Å². The molecule has 0 aromatic rings. The van der Waals surface area contributed by atoms with E-state index in [1.54, 1.807) is 0 Å². The third-order valence-electron chi connectivity index (χ3n) is 4.50. The van der Waals surface area contributed by atoms with Gasteiger partial charge in [-0.1, -0.05) is 46.6 Å². The van der Waals surface area contributed by atoms with Crippen molar-refractivity contribution in [3.05, 3.63) is 46.6 Å². The summed E-state index contributed by atoms with van der Waals surface area (Å²) in [6.45, 7) is 14.5. The average Bonchev–Trinajstić information content (AvgIpc) is 2.50. The molecule has 0 bridgehead atoms. The molecular weight excluding hydrogens is 308 g/mol. The van der Waals surface area contributed by atoms with E-state index in [-0.39, 0.29) is 0 Å². The molecule has 0 aliphatic heterocycles. The van der Waals surface area contributed by atoms with Gasteiger partial charge in [-0.05, 0) is 87.0 Å². The predicted octanol–water partition coefficient (Wildman–Crippen LogP) is 7.24. The summed E-state index contributed by atoms with van der Waals surface area (Å²) in [4.78, 5) is 11.8. The second-order valence-corrected chi connectivity index (χ2v) is 8.02. The molecule has 2 heteroatoms. The highest BCUT2D eigenvalue weighted by molar-refractivity contribution is 5.74. The van der Waals surface area contributed by atoms with Gasteiger partial charge in [-0.3, -0.25) is 4.79 Å². The molecule has 1 N–H and O–H groups in total. The highest BCUT2D eigenvalue weighted by atomic mass is 16.4. The molecule has 0 saturated carbocycles. The first-order chi connectivity index (χ1) is 11.6. The Hall–Kier alpha value is -1.57. The molecule has 0 fully saturated rings. The van der Waals surface area contributed by atoms with Crippen LogP contribution in [0.15, 0.2) is 46.6 Å². The fraction of sp³-hybridized carbons (Fsp3) is 0.609. The number of allylic oxidation sites excluding steroid dienone is 8. The van der Waals surface area contributed by atoms with Crippen molar-refractivity contribution in [3.8, 4) is 0 Å². The van der Waals surface area contributed by atoms with E-state index in [0.717, 1.165) is 25.7 Å². The lowest BCUT2D eigenvalue weighted by atomic mass is 9.82. The standard InChI is InChI=1S/C23H38O2/c1-18(2)10-8-12-20(5)14-16-23(7,22(24)25)17-15-21(6)13-9-11-19(3)4/h10-11,14-15H,8-9,12-13,16-17H2,1-7H3,(H,24,25)/b20-14+,21-15+. The zero-order valence-electron chi connectivity index (χ0n) is 17.4. The third kappa shape index (κ3) is 11.6. The van der Waals surface area contributed by atoms with Gasteiger partial charge >= 0.3 is 5.97 Å². The van der Waals surface area contributed by atoms with E-state index in [1.165, 1.54) is 22.3 Å². The minimum absolute atomic E-state index is 0.584. The molecular formula is C23H38O2. The van der Waals surface area contributed by atoms with Crippen molar-refractivity contribution in [1.82, 2.24) is 0 Å². The third-order valence-corrected chi connectivity index (χ3v) is 4.50. The Balaban J connectivity index is 4.75. The van der Waals surface area contributed by atoms with Gasteiger partial charge < -0.3 is 5.11 Å². The van der Waals surface area contributed by atoms with Gasteiger partial charge in [-0.2, -0.15) is 0 Å². The minimum atomic E-state index is -0.727. The van der Waals surface area contributed by atoms with Crippen LogP contribution >= 0.6 is 0 Å². The molecule has 0 aromatic carbocycles. The lowest BCUT2D eigenvalue weighted by molar-refractivity contribution is -0.147. The quantitative estimate of drug-likeness (QED) is 0.400. The Morgan fingerprint density at radius 1 is 0.760 bits per heavy atom. The van der Waals surface area contributed by atoms with Crippen molar-refractivity contribution in [2.24, 2.45) is 5.41 Å². The Labute approximate surface area is 155 Å². The van der Waals surface area contributed by atoms with E-state index in [1.807, 2.05) is 6.92 Å². The molecule has 0 aromatic heterocycles. The smallest absolute Gasteiger partial charge is 0.309 e. The van der Waals surface area contributed by atoms with Gasteiger partial charge in [0.2, 0.25) is 0 Å². The van der Waals surface area contributed by atoms with Crippen LogP contribution < -0.4 is 0 Å². The van der Waals surface area contributed by atoms with Crippen LogP contribution in [0.4, 0.5) is 0 Å². The van der Waals surface area contributed by atoms with E-state index >= 15 is 0 Å². The van der Waals surface area contributed by atoms with Crippen LogP contribution in [0.3, 0.4) is 0 Å². The summed E-state index contributed by atoms with van der Waals surface area (Å²) in [6, 6.07) is 0. The molecule has 142 valence electrons. The highest BCUT2D eigenvalue weighted by Crippen LogP contribution is 2.29. The lowest BCUT2D eigenvalue weighted by Crippen LogP contribution is -2.26. The van der Waals surface area contributed by atoms with Crippen LogP contribution in [0.25, 0.3) is 0 Å². The fourth-order valence-corrected chi connectivity index (χ4v) is 2.44. The second-order valence-electron chi connectivity index (χ2n) is 8.02. The summed E-state index contributed by atoms with van der Waals surface area (Å²) in [5, 5.41) is 9.68. The van der Waals surface area contributed by atoms with Gasteiger partial charge in [0.1, 0.15) is 0 Å². The summed E-state index contributed by atoms with van der Waals surface area (Å²) >= 11 is 0. The van der Waals surface area contributed by atoms with E-state index in [2.05, 4.69) is 65.8 Å². The molecule has 2 nitrogen and oxygen atoms in total. The summed E-state index contributed by atoms with van der Waals surface area (Å²) in [7, 11) is 0. The number of hydrogen-bond acceptors (Lipinski definition) is 1. The minimum Gasteiger partial charge on any atom is -0.481 e. The lowest BCUT2D eigenvalue weighted by Gasteiger charge is -2.22. The van der Waals surface area contributed by atoms with Crippen LogP contribution in [-0.2, 0) is 4.79 Å². The maximum atomic E-state index is 11.8. The zero-order chi connectivity index (χ0) is 19.5. The topological polar surface area (TPSA) is 37.3 Å². The molecule has 0 spiro atoms. The zero-order valence-corrected chi connectivity index (χ0v) is 17.4. The van der Waals surface area contributed by atoms with Crippen LogP contribution in [0.1, 0.15) is 87.0 Å². The maximum absolute atomic E-state index is 11.8. The molecule has 0 aliphatic rings. The van der Waals surface area contributed by atoms with Crippen molar-refractivity contribution >= 4 is 5.97 Å². The Morgan fingerprint density at radius 3 is 1.40 bits per heavy atom. The van der Waals surface area contributed by atoms with E-state index < -0.39 is 11.4 Å². The van der Waals surface area contributed by atoms with Crippen LogP contribution in [0, 0.1) is 5.41 Å². The summed E-state index contributed by atoms with van der Waals surface area (Å²) in [6.07, 6.45) is 13.9. The largest absolute Gasteiger partial charge is 0.481 e. The van der Waals surface area contributed by atoms with Gasteiger partial charge in [-0.15, -0.1) is 0 Å². The van der Waals surface area contributed by atoms with Crippen LogP contribution in [-0.4, -0.2) is 11.1 Å². The van der Waals surface area contributed by atoms with Gasteiger partial charge in [0.25, 0.3) is 0 Å². The van der Waals surface area contributed by atoms with Crippen molar-refractivity contribution in [1.29, 1.82) is 0 Å². The molecule has 0 heterocycles. The SMILES string of the molecule is CC(C)=CCC/C(C)=C/CC(C)(C/C=C(\C)CCC=C(C)C)C(=O)O. The first kappa shape index (κ1) is 23.4. The molecule has 0 aliphatic carbocycles. The van der Waals surface area contributed by atoms with Crippen molar-refractivity contribution in [3.63, 3.8) is 0 Å². The number of aliphatic carboxylic acids is 1. The number of rotatable bonds is 11. The number of carboxylic acids is 1. The fourth-order valence-electron chi connectivity index (χ4n) is 2.44. The monoisotopic (exact) mass is 346 g/mol. The first-order valence-corrected chi connectivity index (χ1v) is 9.38. The van der Waals surface area contributed by atoms with E-state index in [4.69, 9.17) is 0 Å². The van der Waals surface area contributed by atoms with E-state index in [9.17, 15) is 9.90 Å². The normalized spacial score (nSPS) is 14.7. The molecule has 0 rings (SSSR count). The Bertz CT molecular complexity index is 496. The Morgan fingerprint density at radius 2 is 1.12 bits per heavy atom. The molecule has 25 heavy (non-hydrogen) atoms. The first-order valence-electron chi connectivity index (χ1n) is 9.38. The van der Waals surface area contributed by atoms with E-state index in [0.29, 0.717) is 12.8 Å². The molecule has 0 saturated heterocycles. The highest BCUT2D eigenvalue weighted by Gasteiger charge is 2.30. The Kier molecular flexibility index (Phi) is 11.1.